The molecule has 2 atom stereocenters. The number of fused-ring (bicyclic) bond motifs is 1. The van der Waals surface area contributed by atoms with Crippen molar-refractivity contribution in [2.75, 3.05) is 6.61 Å². The molecule has 1 saturated carbocycles. The number of halogens is 2. The van der Waals surface area contributed by atoms with Crippen LogP contribution in [0.3, 0.4) is 0 Å². The van der Waals surface area contributed by atoms with Gasteiger partial charge in [0.25, 0.3) is 0 Å². The van der Waals surface area contributed by atoms with Crippen LogP contribution in [0, 0.1) is 6.92 Å². The SMILES string of the molecule is Cc1c(C(=O)O)cccc1[C@@H]1C[C@H](NC(=O)C2(c3ccc4c(c3)OC(F)(F)O4)CC2)CCO1. The van der Waals surface area contributed by atoms with Crippen LogP contribution in [0.4, 0.5) is 8.78 Å². The van der Waals surface area contributed by atoms with Crippen molar-refractivity contribution in [3.05, 3.63) is 58.7 Å². The molecule has 2 aromatic carbocycles. The molecule has 174 valence electrons. The number of nitrogens with one attached hydrogen (secondary N) is 1. The Kier molecular flexibility index (Phi) is 5.04. The highest BCUT2D eigenvalue weighted by Crippen LogP contribution is 2.52. The molecule has 2 N–H and O–H groups in total. The van der Waals surface area contributed by atoms with Gasteiger partial charge in [-0.1, -0.05) is 18.2 Å². The molecule has 2 heterocycles. The highest BCUT2D eigenvalue weighted by atomic mass is 19.3. The van der Waals surface area contributed by atoms with Gasteiger partial charge in [-0.15, -0.1) is 8.78 Å². The van der Waals surface area contributed by atoms with Crippen molar-refractivity contribution in [2.24, 2.45) is 0 Å². The van der Waals surface area contributed by atoms with Gasteiger partial charge in [-0.05, 0) is 67.5 Å². The van der Waals surface area contributed by atoms with Gasteiger partial charge in [-0.3, -0.25) is 4.79 Å². The molecule has 0 radical (unpaired) electrons. The normalized spacial score (nSPS) is 24.2. The van der Waals surface area contributed by atoms with Crippen LogP contribution in [-0.2, 0) is 14.9 Å². The van der Waals surface area contributed by atoms with E-state index in [9.17, 15) is 23.5 Å². The summed E-state index contributed by atoms with van der Waals surface area (Å²) < 4.78 is 41.6. The molecule has 2 aliphatic heterocycles. The summed E-state index contributed by atoms with van der Waals surface area (Å²) in [6.45, 7) is 2.19. The number of rotatable bonds is 5. The van der Waals surface area contributed by atoms with E-state index < -0.39 is 17.7 Å². The quantitative estimate of drug-likeness (QED) is 0.700. The lowest BCUT2D eigenvalue weighted by molar-refractivity contribution is -0.286. The van der Waals surface area contributed by atoms with Crippen LogP contribution < -0.4 is 14.8 Å². The van der Waals surface area contributed by atoms with Crippen molar-refractivity contribution in [2.45, 2.75) is 56.5 Å². The molecule has 0 spiro atoms. The fourth-order valence-corrected chi connectivity index (χ4v) is 4.72. The van der Waals surface area contributed by atoms with Crippen LogP contribution in [0.25, 0.3) is 0 Å². The van der Waals surface area contributed by atoms with Crippen molar-refractivity contribution in [1.29, 1.82) is 0 Å². The lowest BCUT2D eigenvalue weighted by atomic mass is 9.90. The maximum absolute atomic E-state index is 13.4. The van der Waals surface area contributed by atoms with E-state index in [1.807, 2.05) is 6.07 Å². The number of aromatic carboxylic acids is 1. The lowest BCUT2D eigenvalue weighted by Crippen LogP contribution is -2.44. The zero-order valence-corrected chi connectivity index (χ0v) is 17.9. The van der Waals surface area contributed by atoms with Gasteiger partial charge in [0.1, 0.15) is 0 Å². The standard InChI is InChI=1S/C24H23F2NO6/c1-13-16(3-2-4-17(13)21(28)29)19-12-15(7-10-31-19)27-22(30)23(8-9-23)14-5-6-18-20(11-14)33-24(25,26)32-18/h2-6,11,15,19H,7-10,12H2,1H3,(H,27,30)(H,28,29)/t15-,19+/m1/s1. The van der Waals surface area contributed by atoms with Gasteiger partial charge in [0, 0.05) is 12.6 Å². The summed E-state index contributed by atoms with van der Waals surface area (Å²) in [4.78, 5) is 24.7. The van der Waals surface area contributed by atoms with Crippen LogP contribution in [0.5, 0.6) is 11.5 Å². The Hall–Kier alpha value is -3.20. The smallest absolute Gasteiger partial charge is 0.478 e. The highest BCUT2D eigenvalue weighted by Gasteiger charge is 2.53. The Morgan fingerprint density at radius 2 is 1.88 bits per heavy atom. The van der Waals surface area contributed by atoms with Gasteiger partial charge in [0.15, 0.2) is 11.5 Å². The predicted molar refractivity (Wildman–Crippen MR) is 112 cm³/mol. The summed E-state index contributed by atoms with van der Waals surface area (Å²) >= 11 is 0. The summed E-state index contributed by atoms with van der Waals surface area (Å²) in [5, 5.41) is 12.5. The van der Waals surface area contributed by atoms with Gasteiger partial charge < -0.3 is 24.6 Å². The number of alkyl halides is 2. The van der Waals surface area contributed by atoms with Gasteiger partial charge in [0.2, 0.25) is 5.91 Å². The minimum absolute atomic E-state index is 0.0498. The summed E-state index contributed by atoms with van der Waals surface area (Å²) in [6.07, 6.45) is -1.66. The lowest BCUT2D eigenvalue weighted by Gasteiger charge is -2.32. The maximum atomic E-state index is 13.4. The zero-order valence-electron chi connectivity index (χ0n) is 17.9. The minimum atomic E-state index is -3.70. The first-order valence-corrected chi connectivity index (χ1v) is 10.8. The van der Waals surface area contributed by atoms with Gasteiger partial charge in [0.05, 0.1) is 17.1 Å². The Balaban J connectivity index is 1.30. The van der Waals surface area contributed by atoms with Gasteiger partial charge in [-0.2, -0.15) is 0 Å². The summed E-state index contributed by atoms with van der Waals surface area (Å²) in [7, 11) is 0. The molecule has 1 saturated heterocycles. The van der Waals surface area contributed by atoms with Gasteiger partial charge >= 0.3 is 12.3 Å². The number of amides is 1. The largest absolute Gasteiger partial charge is 0.586 e. The average Bonchev–Trinajstić information content (AvgIpc) is 3.51. The van der Waals surface area contributed by atoms with E-state index >= 15 is 0 Å². The molecule has 7 nitrogen and oxygen atoms in total. The summed E-state index contributed by atoms with van der Waals surface area (Å²) in [5.74, 6) is -1.27. The minimum Gasteiger partial charge on any atom is -0.478 e. The van der Waals surface area contributed by atoms with E-state index in [0.717, 1.165) is 5.56 Å². The van der Waals surface area contributed by atoms with E-state index in [0.29, 0.717) is 43.4 Å². The molecule has 33 heavy (non-hydrogen) atoms. The molecule has 1 amide bonds. The van der Waals surface area contributed by atoms with Crippen molar-refractivity contribution in [3.63, 3.8) is 0 Å². The number of carbonyl (C=O) groups is 2. The fraction of sp³-hybridized carbons (Fsp3) is 0.417. The first kappa shape index (κ1) is 21.6. The van der Waals surface area contributed by atoms with Gasteiger partial charge in [-0.25, -0.2) is 4.79 Å². The average molecular weight is 459 g/mol. The monoisotopic (exact) mass is 459 g/mol. The first-order chi connectivity index (χ1) is 15.7. The maximum Gasteiger partial charge on any atom is 0.586 e. The molecule has 2 aromatic rings. The Labute approximate surface area is 188 Å². The molecule has 5 rings (SSSR count). The highest BCUT2D eigenvalue weighted by molar-refractivity contribution is 5.92. The number of carboxylic acid groups (broad SMARTS) is 1. The number of ether oxygens (including phenoxy) is 3. The summed E-state index contributed by atoms with van der Waals surface area (Å²) in [5.41, 5.74) is 1.52. The molecular formula is C24H23F2NO6. The Morgan fingerprint density at radius 1 is 1.12 bits per heavy atom. The zero-order chi connectivity index (χ0) is 23.4. The number of hydrogen-bond donors (Lipinski definition) is 2. The third kappa shape index (κ3) is 3.90. The van der Waals surface area contributed by atoms with E-state index in [1.165, 1.54) is 12.1 Å². The molecule has 3 aliphatic rings. The third-order valence-corrected chi connectivity index (χ3v) is 6.71. The Morgan fingerprint density at radius 3 is 2.61 bits per heavy atom. The Bertz CT molecular complexity index is 1130. The van der Waals surface area contributed by atoms with Crippen LogP contribution in [0.1, 0.15) is 58.8 Å². The second-order valence-corrected chi connectivity index (χ2v) is 8.79. The van der Waals surface area contributed by atoms with E-state index in [2.05, 4.69) is 14.8 Å². The van der Waals surface area contributed by atoms with Crippen molar-refractivity contribution in [3.8, 4) is 11.5 Å². The number of carboxylic acids is 1. The molecule has 2 fully saturated rings. The van der Waals surface area contributed by atoms with E-state index in [-0.39, 0.29) is 35.1 Å². The van der Waals surface area contributed by atoms with Crippen molar-refractivity contribution in [1.82, 2.24) is 5.32 Å². The number of benzene rings is 2. The second kappa shape index (κ2) is 7.69. The van der Waals surface area contributed by atoms with Crippen LogP contribution >= 0.6 is 0 Å². The molecule has 0 bridgehead atoms. The number of hydrogen-bond acceptors (Lipinski definition) is 5. The van der Waals surface area contributed by atoms with E-state index in [1.54, 1.807) is 25.1 Å². The predicted octanol–water partition coefficient (Wildman–Crippen LogP) is 4.08. The number of carbonyl (C=O) groups excluding carboxylic acids is 1. The topological polar surface area (TPSA) is 94.1 Å². The second-order valence-electron chi connectivity index (χ2n) is 8.79. The first-order valence-electron chi connectivity index (χ1n) is 10.8. The third-order valence-electron chi connectivity index (χ3n) is 6.71. The van der Waals surface area contributed by atoms with Crippen molar-refractivity contribution < 1.29 is 37.7 Å². The molecule has 1 aliphatic carbocycles. The summed E-state index contributed by atoms with van der Waals surface area (Å²) in [6, 6.07) is 9.43. The fourth-order valence-electron chi connectivity index (χ4n) is 4.72. The van der Waals surface area contributed by atoms with Crippen molar-refractivity contribution >= 4 is 11.9 Å². The van der Waals surface area contributed by atoms with Crippen LogP contribution in [-0.4, -0.2) is 35.9 Å². The van der Waals surface area contributed by atoms with Crippen LogP contribution in [0.15, 0.2) is 36.4 Å². The van der Waals surface area contributed by atoms with Crippen LogP contribution in [0.2, 0.25) is 0 Å². The molecule has 9 heteroatoms. The molecule has 0 unspecified atom stereocenters. The molecular weight excluding hydrogens is 436 g/mol. The molecule has 0 aromatic heterocycles. The van der Waals surface area contributed by atoms with E-state index in [4.69, 9.17) is 4.74 Å².